The number of amides is 1. The van der Waals surface area contributed by atoms with Crippen molar-refractivity contribution in [1.29, 1.82) is 0 Å². The highest BCUT2D eigenvalue weighted by Gasteiger charge is 2.21. The van der Waals surface area contributed by atoms with Crippen LogP contribution in [0.15, 0.2) is 22.7 Å². The van der Waals surface area contributed by atoms with Crippen LogP contribution < -0.4 is 10.1 Å². The normalized spacial score (nSPS) is 12.7. The molecule has 20 heavy (non-hydrogen) atoms. The van der Waals surface area contributed by atoms with Crippen LogP contribution in [0.3, 0.4) is 0 Å². The van der Waals surface area contributed by atoms with Crippen molar-refractivity contribution in [3.63, 3.8) is 0 Å². The fourth-order valence-corrected chi connectivity index (χ4v) is 2.11. The lowest BCUT2D eigenvalue weighted by atomic mass is 10.1. The smallest absolute Gasteiger partial charge is 0.408 e. The van der Waals surface area contributed by atoms with Gasteiger partial charge in [0.25, 0.3) is 0 Å². The van der Waals surface area contributed by atoms with Crippen molar-refractivity contribution >= 4 is 22.0 Å². The number of methoxy groups -OCH3 is 1. The Morgan fingerprint density at radius 1 is 1.45 bits per heavy atom. The molecule has 0 saturated heterocycles. The van der Waals surface area contributed by atoms with Gasteiger partial charge in [0.05, 0.1) is 19.8 Å². The molecule has 0 fully saturated rings. The number of aliphatic hydroxyl groups is 1. The Morgan fingerprint density at radius 2 is 2.10 bits per heavy atom. The molecule has 0 aliphatic rings. The Labute approximate surface area is 127 Å². The minimum atomic E-state index is -0.588. The first-order valence-corrected chi connectivity index (χ1v) is 7.00. The van der Waals surface area contributed by atoms with E-state index in [1.807, 2.05) is 0 Å². The minimum Gasteiger partial charge on any atom is -0.497 e. The lowest BCUT2D eigenvalue weighted by Crippen LogP contribution is -2.36. The van der Waals surface area contributed by atoms with Gasteiger partial charge in [0, 0.05) is 4.47 Å². The first-order chi connectivity index (χ1) is 9.26. The number of ether oxygens (including phenoxy) is 2. The van der Waals surface area contributed by atoms with Gasteiger partial charge in [0.15, 0.2) is 0 Å². The van der Waals surface area contributed by atoms with Crippen LogP contribution in [-0.2, 0) is 4.74 Å². The second-order valence-electron chi connectivity index (χ2n) is 5.27. The molecule has 6 heteroatoms. The van der Waals surface area contributed by atoms with Gasteiger partial charge in [-0.15, -0.1) is 0 Å². The SMILES string of the molecule is COc1ccc(Br)c([C@@H](CO)NC(=O)OC(C)(C)C)c1. The Balaban J connectivity index is 2.88. The maximum atomic E-state index is 11.8. The summed E-state index contributed by atoms with van der Waals surface area (Å²) in [5, 5.41) is 12.1. The summed E-state index contributed by atoms with van der Waals surface area (Å²) in [4.78, 5) is 11.8. The highest BCUT2D eigenvalue weighted by Crippen LogP contribution is 2.28. The quantitative estimate of drug-likeness (QED) is 0.880. The van der Waals surface area contributed by atoms with E-state index in [0.29, 0.717) is 5.75 Å². The molecule has 0 unspecified atom stereocenters. The molecule has 0 aromatic heterocycles. The standard InChI is InChI=1S/C14H20BrNO4/c1-14(2,3)20-13(18)16-12(8-17)10-7-9(19-4)5-6-11(10)15/h5-7,12,17H,8H2,1-4H3,(H,16,18)/t12-/m1/s1. The molecule has 0 saturated carbocycles. The van der Waals surface area contributed by atoms with Crippen molar-refractivity contribution < 1.29 is 19.4 Å². The van der Waals surface area contributed by atoms with Crippen LogP contribution in [0, 0.1) is 0 Å². The largest absolute Gasteiger partial charge is 0.497 e. The van der Waals surface area contributed by atoms with Gasteiger partial charge in [-0.3, -0.25) is 0 Å². The number of rotatable bonds is 4. The summed E-state index contributed by atoms with van der Waals surface area (Å²) in [5.41, 5.74) is 0.133. The van der Waals surface area contributed by atoms with Crippen molar-refractivity contribution in [2.45, 2.75) is 32.4 Å². The van der Waals surface area contributed by atoms with E-state index in [-0.39, 0.29) is 6.61 Å². The second-order valence-corrected chi connectivity index (χ2v) is 6.12. The van der Waals surface area contributed by atoms with Gasteiger partial charge in [-0.05, 0) is 44.5 Å². The number of halogens is 1. The van der Waals surface area contributed by atoms with Crippen molar-refractivity contribution in [2.75, 3.05) is 13.7 Å². The number of carbonyl (C=O) groups is 1. The summed E-state index contributed by atoms with van der Waals surface area (Å²) in [6.07, 6.45) is -0.578. The summed E-state index contributed by atoms with van der Waals surface area (Å²) in [7, 11) is 1.56. The van der Waals surface area contributed by atoms with Gasteiger partial charge in [0.2, 0.25) is 0 Å². The molecule has 0 spiro atoms. The van der Waals surface area contributed by atoms with Gasteiger partial charge in [-0.1, -0.05) is 15.9 Å². The number of nitrogens with one attached hydrogen (secondary N) is 1. The number of carbonyl (C=O) groups excluding carboxylic acids is 1. The van der Waals surface area contributed by atoms with Crippen molar-refractivity contribution in [3.05, 3.63) is 28.2 Å². The topological polar surface area (TPSA) is 67.8 Å². The van der Waals surface area contributed by atoms with Crippen LogP contribution in [0.25, 0.3) is 0 Å². The highest BCUT2D eigenvalue weighted by atomic mass is 79.9. The predicted molar refractivity (Wildman–Crippen MR) is 79.9 cm³/mol. The lowest BCUT2D eigenvalue weighted by Gasteiger charge is -2.23. The molecule has 1 atom stereocenters. The third kappa shape index (κ3) is 5.02. The Hall–Kier alpha value is -1.27. The zero-order chi connectivity index (χ0) is 15.3. The van der Waals surface area contributed by atoms with Crippen LogP contribution in [0.4, 0.5) is 4.79 Å². The molecule has 2 N–H and O–H groups in total. The Bertz CT molecular complexity index is 471. The molecule has 112 valence electrons. The minimum absolute atomic E-state index is 0.245. The molecule has 0 radical (unpaired) electrons. The van der Waals surface area contributed by atoms with E-state index in [1.54, 1.807) is 46.1 Å². The molecule has 0 heterocycles. The molecular weight excluding hydrogens is 326 g/mol. The summed E-state index contributed by atoms with van der Waals surface area (Å²) < 4.78 is 11.1. The molecule has 0 bridgehead atoms. The molecule has 1 aromatic rings. The first-order valence-electron chi connectivity index (χ1n) is 6.20. The Morgan fingerprint density at radius 3 is 2.60 bits per heavy atom. The number of hydrogen-bond acceptors (Lipinski definition) is 4. The number of benzene rings is 1. The van der Waals surface area contributed by atoms with Crippen LogP contribution >= 0.6 is 15.9 Å². The zero-order valence-corrected chi connectivity index (χ0v) is 13.7. The third-order valence-electron chi connectivity index (χ3n) is 2.45. The molecule has 1 amide bonds. The average molecular weight is 346 g/mol. The van der Waals surface area contributed by atoms with E-state index >= 15 is 0 Å². The van der Waals surface area contributed by atoms with Crippen molar-refractivity contribution in [3.8, 4) is 5.75 Å². The fraction of sp³-hybridized carbons (Fsp3) is 0.500. The second kappa shape index (κ2) is 6.95. The summed E-state index contributed by atoms with van der Waals surface area (Å²) in [6, 6.07) is 4.76. The van der Waals surface area contributed by atoms with Crippen LogP contribution in [0.2, 0.25) is 0 Å². The summed E-state index contributed by atoms with van der Waals surface area (Å²) in [5.74, 6) is 0.646. The predicted octanol–water partition coefficient (Wildman–Crippen LogP) is 3.02. The maximum Gasteiger partial charge on any atom is 0.408 e. The number of hydrogen-bond donors (Lipinski definition) is 2. The van der Waals surface area contributed by atoms with Crippen LogP contribution in [0.5, 0.6) is 5.75 Å². The van der Waals surface area contributed by atoms with E-state index in [9.17, 15) is 9.90 Å². The van der Waals surface area contributed by atoms with Gasteiger partial charge in [-0.2, -0.15) is 0 Å². The van der Waals surface area contributed by atoms with E-state index in [4.69, 9.17) is 9.47 Å². The van der Waals surface area contributed by atoms with Crippen LogP contribution in [-0.4, -0.2) is 30.5 Å². The van der Waals surface area contributed by atoms with E-state index in [2.05, 4.69) is 21.2 Å². The molecule has 1 rings (SSSR count). The highest BCUT2D eigenvalue weighted by molar-refractivity contribution is 9.10. The van der Waals surface area contributed by atoms with Gasteiger partial charge in [-0.25, -0.2) is 4.79 Å². The first kappa shape index (κ1) is 16.8. The number of aliphatic hydroxyl groups excluding tert-OH is 1. The fourth-order valence-electron chi connectivity index (χ4n) is 1.59. The van der Waals surface area contributed by atoms with Gasteiger partial charge in [0.1, 0.15) is 11.4 Å². The van der Waals surface area contributed by atoms with E-state index in [0.717, 1.165) is 10.0 Å². The van der Waals surface area contributed by atoms with Crippen molar-refractivity contribution in [2.24, 2.45) is 0 Å². The molecular formula is C14H20BrNO4. The Kier molecular flexibility index (Phi) is 5.83. The van der Waals surface area contributed by atoms with Gasteiger partial charge >= 0.3 is 6.09 Å². The monoisotopic (exact) mass is 345 g/mol. The summed E-state index contributed by atoms with van der Waals surface area (Å²) in [6.45, 7) is 5.09. The van der Waals surface area contributed by atoms with Gasteiger partial charge < -0.3 is 19.9 Å². The third-order valence-corrected chi connectivity index (χ3v) is 3.17. The lowest BCUT2D eigenvalue weighted by molar-refractivity contribution is 0.0481. The van der Waals surface area contributed by atoms with E-state index in [1.165, 1.54) is 0 Å². The average Bonchev–Trinajstić information content (AvgIpc) is 2.34. The molecule has 1 aromatic carbocycles. The van der Waals surface area contributed by atoms with Crippen LogP contribution in [0.1, 0.15) is 32.4 Å². The van der Waals surface area contributed by atoms with Crippen molar-refractivity contribution in [1.82, 2.24) is 5.32 Å². The van der Waals surface area contributed by atoms with E-state index < -0.39 is 17.7 Å². The molecule has 5 nitrogen and oxygen atoms in total. The maximum absolute atomic E-state index is 11.8. The zero-order valence-electron chi connectivity index (χ0n) is 12.1. The number of alkyl carbamates (subject to hydrolysis) is 1. The summed E-state index contributed by atoms with van der Waals surface area (Å²) >= 11 is 3.39. The molecule has 0 aliphatic carbocycles. The molecule has 0 aliphatic heterocycles.